The van der Waals surface area contributed by atoms with E-state index in [9.17, 15) is 10.1 Å². The normalized spacial score (nSPS) is 17.7. The van der Waals surface area contributed by atoms with Crippen LogP contribution in [0.1, 0.15) is 24.6 Å². The van der Waals surface area contributed by atoms with Crippen LogP contribution >= 0.6 is 0 Å². The Balaban J connectivity index is 2.06. The third kappa shape index (κ3) is 2.18. The first kappa shape index (κ1) is 13.1. The minimum atomic E-state index is -0.319. The fourth-order valence-electron chi connectivity index (χ4n) is 3.20. The third-order valence-electron chi connectivity index (χ3n) is 4.28. The monoisotopic (exact) mass is 273 g/mol. The van der Waals surface area contributed by atoms with Crippen molar-refractivity contribution in [2.24, 2.45) is 0 Å². The van der Waals surface area contributed by atoms with Crippen LogP contribution in [0.2, 0.25) is 0 Å². The van der Waals surface area contributed by atoms with Gasteiger partial charge >= 0.3 is 0 Å². The average molecular weight is 273 g/mol. The zero-order chi connectivity index (χ0) is 14.3. The number of benzene rings is 1. The van der Waals surface area contributed by atoms with E-state index >= 15 is 0 Å². The SMILES string of the molecule is Cc1cc2ccc([N+](=O)[O-])cc2n1C1CCN(C)CC1. The molecule has 0 bridgehead atoms. The summed E-state index contributed by atoms with van der Waals surface area (Å²) in [7, 11) is 2.14. The Kier molecular flexibility index (Phi) is 3.22. The molecule has 0 unspecified atom stereocenters. The van der Waals surface area contributed by atoms with Crippen LogP contribution in [0, 0.1) is 17.0 Å². The fraction of sp³-hybridized carbons (Fsp3) is 0.467. The van der Waals surface area contributed by atoms with Crippen molar-refractivity contribution in [3.63, 3.8) is 0 Å². The molecule has 1 aromatic carbocycles. The molecule has 3 rings (SSSR count). The summed E-state index contributed by atoms with van der Waals surface area (Å²) < 4.78 is 2.29. The van der Waals surface area contributed by atoms with Gasteiger partial charge in [-0.15, -0.1) is 0 Å². The van der Waals surface area contributed by atoms with Crippen molar-refractivity contribution >= 4 is 16.6 Å². The molecule has 0 amide bonds. The molecule has 1 aromatic heterocycles. The van der Waals surface area contributed by atoms with E-state index in [2.05, 4.69) is 29.5 Å². The predicted molar refractivity (Wildman–Crippen MR) is 79.1 cm³/mol. The smallest absolute Gasteiger partial charge is 0.271 e. The second-order valence-corrected chi connectivity index (χ2v) is 5.69. The number of piperidine rings is 1. The van der Waals surface area contributed by atoms with Crippen LogP contribution in [0.4, 0.5) is 5.69 Å². The van der Waals surface area contributed by atoms with Crippen molar-refractivity contribution in [2.45, 2.75) is 25.8 Å². The van der Waals surface area contributed by atoms with Crippen molar-refractivity contribution < 1.29 is 4.92 Å². The molecule has 5 nitrogen and oxygen atoms in total. The highest BCUT2D eigenvalue weighted by atomic mass is 16.6. The lowest BCUT2D eigenvalue weighted by Gasteiger charge is -2.31. The maximum absolute atomic E-state index is 11.0. The zero-order valence-electron chi connectivity index (χ0n) is 11.9. The summed E-state index contributed by atoms with van der Waals surface area (Å²) in [5.41, 5.74) is 2.35. The number of likely N-dealkylation sites (tertiary alicyclic amines) is 1. The van der Waals surface area contributed by atoms with E-state index in [1.165, 1.54) is 5.69 Å². The van der Waals surface area contributed by atoms with Crippen molar-refractivity contribution in [2.75, 3.05) is 20.1 Å². The molecule has 20 heavy (non-hydrogen) atoms. The summed E-state index contributed by atoms with van der Waals surface area (Å²) in [6, 6.07) is 7.72. The first-order valence-electron chi connectivity index (χ1n) is 7.01. The molecule has 1 aliphatic rings. The molecule has 0 radical (unpaired) electrons. The van der Waals surface area contributed by atoms with E-state index in [0.717, 1.165) is 36.8 Å². The van der Waals surface area contributed by atoms with Crippen molar-refractivity contribution in [1.82, 2.24) is 9.47 Å². The summed E-state index contributed by atoms with van der Waals surface area (Å²) in [4.78, 5) is 13.0. The van der Waals surface area contributed by atoms with Gasteiger partial charge < -0.3 is 9.47 Å². The number of hydrogen-bond donors (Lipinski definition) is 0. The molecule has 1 fully saturated rings. The zero-order valence-corrected chi connectivity index (χ0v) is 11.9. The Morgan fingerprint density at radius 1 is 1.25 bits per heavy atom. The van der Waals surface area contributed by atoms with E-state index in [4.69, 9.17) is 0 Å². The van der Waals surface area contributed by atoms with Crippen LogP contribution in [-0.4, -0.2) is 34.5 Å². The molecule has 2 aromatic rings. The Hall–Kier alpha value is -1.88. The Morgan fingerprint density at radius 3 is 2.60 bits per heavy atom. The summed E-state index contributed by atoms with van der Waals surface area (Å²) in [5, 5.41) is 12.1. The predicted octanol–water partition coefficient (Wildman–Crippen LogP) is 3.12. The topological polar surface area (TPSA) is 51.3 Å². The molecule has 106 valence electrons. The number of nitro benzene ring substituents is 1. The molecule has 0 N–H and O–H groups in total. The highest BCUT2D eigenvalue weighted by molar-refractivity contribution is 5.83. The van der Waals surface area contributed by atoms with Crippen molar-refractivity contribution in [3.05, 3.63) is 40.1 Å². The fourth-order valence-corrected chi connectivity index (χ4v) is 3.20. The number of nitro groups is 1. The van der Waals surface area contributed by atoms with Gasteiger partial charge in [-0.1, -0.05) is 0 Å². The number of aryl methyl sites for hydroxylation is 1. The minimum absolute atomic E-state index is 0.171. The van der Waals surface area contributed by atoms with E-state index in [1.807, 2.05) is 6.07 Å². The second-order valence-electron chi connectivity index (χ2n) is 5.69. The lowest BCUT2D eigenvalue weighted by molar-refractivity contribution is -0.384. The van der Waals surface area contributed by atoms with Gasteiger partial charge in [0.25, 0.3) is 5.69 Å². The van der Waals surface area contributed by atoms with E-state index in [-0.39, 0.29) is 10.6 Å². The molecule has 2 heterocycles. The van der Waals surface area contributed by atoms with E-state index in [0.29, 0.717) is 6.04 Å². The number of fused-ring (bicyclic) bond motifs is 1. The molecule has 1 aliphatic heterocycles. The Bertz CT molecular complexity index is 654. The average Bonchev–Trinajstić information content (AvgIpc) is 2.75. The van der Waals surface area contributed by atoms with Crippen LogP contribution < -0.4 is 0 Å². The lowest BCUT2D eigenvalue weighted by atomic mass is 10.0. The molecule has 0 spiro atoms. The standard InChI is InChI=1S/C15H19N3O2/c1-11-9-12-3-4-14(18(19)20)10-15(12)17(11)13-5-7-16(2)8-6-13/h3-4,9-10,13H,5-8H2,1-2H3. The van der Waals surface area contributed by atoms with E-state index in [1.54, 1.807) is 12.1 Å². The summed E-state index contributed by atoms with van der Waals surface area (Å²) in [6.07, 6.45) is 2.20. The molecule has 0 aliphatic carbocycles. The summed E-state index contributed by atoms with van der Waals surface area (Å²) in [5.74, 6) is 0. The van der Waals surface area contributed by atoms with Gasteiger partial charge in [-0.3, -0.25) is 10.1 Å². The van der Waals surface area contributed by atoms with Gasteiger partial charge in [-0.25, -0.2) is 0 Å². The van der Waals surface area contributed by atoms with Crippen LogP contribution in [0.25, 0.3) is 10.9 Å². The summed E-state index contributed by atoms with van der Waals surface area (Å²) in [6.45, 7) is 4.25. The van der Waals surface area contributed by atoms with Crippen LogP contribution in [-0.2, 0) is 0 Å². The third-order valence-corrected chi connectivity index (χ3v) is 4.28. The van der Waals surface area contributed by atoms with Gasteiger partial charge in [0.15, 0.2) is 0 Å². The molecule has 0 atom stereocenters. The number of aromatic nitrogens is 1. The second kappa shape index (κ2) is 4.90. The highest BCUT2D eigenvalue weighted by Crippen LogP contribution is 2.31. The van der Waals surface area contributed by atoms with Gasteiger partial charge in [0.2, 0.25) is 0 Å². The summed E-state index contributed by atoms with van der Waals surface area (Å²) >= 11 is 0. The van der Waals surface area contributed by atoms with Gasteiger partial charge in [-0.2, -0.15) is 0 Å². The molecule has 0 saturated carbocycles. The maximum atomic E-state index is 11.0. The van der Waals surface area contributed by atoms with Crippen molar-refractivity contribution in [3.8, 4) is 0 Å². The van der Waals surface area contributed by atoms with Gasteiger partial charge in [-0.05, 0) is 52.0 Å². The van der Waals surface area contributed by atoms with E-state index < -0.39 is 0 Å². The van der Waals surface area contributed by atoms with Crippen LogP contribution in [0.15, 0.2) is 24.3 Å². The largest absolute Gasteiger partial charge is 0.342 e. The minimum Gasteiger partial charge on any atom is -0.342 e. The van der Waals surface area contributed by atoms with Crippen molar-refractivity contribution in [1.29, 1.82) is 0 Å². The molecule has 1 saturated heterocycles. The Morgan fingerprint density at radius 2 is 1.95 bits per heavy atom. The first-order chi connectivity index (χ1) is 9.56. The highest BCUT2D eigenvalue weighted by Gasteiger charge is 2.22. The molecule has 5 heteroatoms. The number of nitrogens with zero attached hydrogens (tertiary/aromatic N) is 3. The lowest BCUT2D eigenvalue weighted by Crippen LogP contribution is -2.31. The van der Waals surface area contributed by atoms with Gasteiger partial charge in [0.1, 0.15) is 0 Å². The van der Waals surface area contributed by atoms with Gasteiger partial charge in [0.05, 0.1) is 10.4 Å². The van der Waals surface area contributed by atoms with Crippen LogP contribution in [0.5, 0.6) is 0 Å². The Labute approximate surface area is 117 Å². The molecular weight excluding hydrogens is 254 g/mol. The van der Waals surface area contributed by atoms with Gasteiger partial charge in [0, 0.05) is 29.3 Å². The quantitative estimate of drug-likeness (QED) is 0.624. The number of rotatable bonds is 2. The number of hydrogen-bond acceptors (Lipinski definition) is 3. The number of non-ortho nitro benzene ring substituents is 1. The molecular formula is C15H19N3O2. The van der Waals surface area contributed by atoms with Crippen LogP contribution in [0.3, 0.4) is 0 Å². The maximum Gasteiger partial charge on any atom is 0.271 e. The first-order valence-corrected chi connectivity index (χ1v) is 7.01.